The number of halogens is 1. The van der Waals surface area contributed by atoms with Crippen molar-refractivity contribution in [3.05, 3.63) is 45.3 Å². The van der Waals surface area contributed by atoms with Crippen molar-refractivity contribution in [1.82, 2.24) is 0 Å². The molecule has 0 saturated heterocycles. The van der Waals surface area contributed by atoms with E-state index >= 15 is 0 Å². The summed E-state index contributed by atoms with van der Waals surface area (Å²) in [6.07, 6.45) is 10.3. The van der Waals surface area contributed by atoms with Crippen molar-refractivity contribution in [3.8, 4) is 0 Å². The van der Waals surface area contributed by atoms with Crippen molar-refractivity contribution < 1.29 is 14.5 Å². The van der Waals surface area contributed by atoms with Gasteiger partial charge in [-0.1, -0.05) is 18.0 Å². The average Bonchev–Trinajstić information content (AvgIpc) is 3.13. The Hall–Kier alpha value is -1.89. The molecule has 1 aromatic carbocycles. The van der Waals surface area contributed by atoms with Crippen LogP contribution in [0, 0.1) is 0 Å². The third-order valence-corrected chi connectivity index (χ3v) is 7.95. The zero-order valence-corrected chi connectivity index (χ0v) is 19.6. The highest BCUT2D eigenvalue weighted by molar-refractivity contribution is 7.17. The molecule has 2 aromatic rings. The van der Waals surface area contributed by atoms with Gasteiger partial charge in [0.05, 0.1) is 18.7 Å². The summed E-state index contributed by atoms with van der Waals surface area (Å²) in [4.78, 5) is 28.6. The van der Waals surface area contributed by atoms with E-state index in [1.54, 1.807) is 35.6 Å². The van der Waals surface area contributed by atoms with Crippen LogP contribution in [0.1, 0.15) is 65.7 Å². The number of thiophene rings is 1. The number of benzene rings is 1. The Morgan fingerprint density at radius 1 is 1.03 bits per heavy atom. The molecule has 3 N–H and O–H groups in total. The van der Waals surface area contributed by atoms with Crippen LogP contribution in [0.5, 0.6) is 0 Å². The van der Waals surface area contributed by atoms with Gasteiger partial charge in [-0.2, -0.15) is 0 Å². The van der Waals surface area contributed by atoms with Crippen molar-refractivity contribution in [1.29, 1.82) is 0 Å². The molecule has 0 aliphatic heterocycles. The average molecular weight is 461 g/mol. The van der Waals surface area contributed by atoms with Crippen molar-refractivity contribution in [2.24, 2.45) is 0 Å². The van der Waals surface area contributed by atoms with Crippen molar-refractivity contribution in [3.63, 3.8) is 0 Å². The Morgan fingerprint density at radius 3 is 2.48 bits per heavy atom. The minimum absolute atomic E-state index is 0.0118. The first-order valence-corrected chi connectivity index (χ1v) is 12.5. The fourth-order valence-corrected chi connectivity index (χ4v) is 6.21. The number of likely N-dealkylation sites (N-methyl/N-ethyl adjacent to an activating group) is 1. The van der Waals surface area contributed by atoms with Crippen molar-refractivity contribution in [2.45, 2.75) is 63.8 Å². The number of amides is 2. The van der Waals surface area contributed by atoms with E-state index in [0.29, 0.717) is 33.9 Å². The monoisotopic (exact) mass is 460 g/mol. The molecule has 7 heteroatoms. The lowest BCUT2D eigenvalue weighted by Crippen LogP contribution is -3.14. The number of fused-ring (bicyclic) bond motifs is 1. The Kier molecular flexibility index (Phi) is 7.31. The molecule has 0 spiro atoms. The number of carbonyl (C=O) groups excluding carboxylic acids is 2. The van der Waals surface area contributed by atoms with E-state index in [4.69, 9.17) is 11.6 Å². The van der Waals surface area contributed by atoms with E-state index in [-0.39, 0.29) is 11.8 Å². The molecule has 1 saturated carbocycles. The molecule has 2 aliphatic rings. The quantitative estimate of drug-likeness (QED) is 0.601. The molecule has 0 bridgehead atoms. The third kappa shape index (κ3) is 5.48. The zero-order valence-electron chi connectivity index (χ0n) is 18.1. The highest BCUT2D eigenvalue weighted by Crippen LogP contribution is 2.38. The molecular formula is C24H31ClN3O2S+. The van der Waals surface area contributed by atoms with Gasteiger partial charge in [0.1, 0.15) is 5.00 Å². The topological polar surface area (TPSA) is 62.6 Å². The van der Waals surface area contributed by atoms with Crippen LogP contribution >= 0.6 is 22.9 Å². The Bertz CT molecular complexity index is 935. The lowest BCUT2D eigenvalue weighted by atomic mass is 9.94. The molecule has 4 rings (SSSR count). The smallest absolute Gasteiger partial charge is 0.280 e. The van der Waals surface area contributed by atoms with Gasteiger partial charge in [0.15, 0.2) is 6.54 Å². The third-order valence-electron chi connectivity index (χ3n) is 6.49. The van der Waals surface area contributed by atoms with Crippen molar-refractivity contribution >= 4 is 45.4 Å². The summed E-state index contributed by atoms with van der Waals surface area (Å²) in [7, 11) is 2.11. The molecule has 1 aromatic heterocycles. The predicted octanol–water partition coefficient (Wildman–Crippen LogP) is 4.32. The number of nitrogens with one attached hydrogen (secondary N) is 3. The second-order valence-electron chi connectivity index (χ2n) is 8.78. The number of quaternary nitrogens is 1. The highest BCUT2D eigenvalue weighted by Gasteiger charge is 2.28. The number of hydrogen-bond donors (Lipinski definition) is 3. The van der Waals surface area contributed by atoms with Crippen LogP contribution < -0.4 is 15.5 Å². The first-order chi connectivity index (χ1) is 15.0. The lowest BCUT2D eigenvalue weighted by molar-refractivity contribution is -0.899. The van der Waals surface area contributed by atoms with Crippen molar-refractivity contribution in [2.75, 3.05) is 24.2 Å². The second-order valence-corrected chi connectivity index (χ2v) is 10.3. The summed E-state index contributed by atoms with van der Waals surface area (Å²) < 4.78 is 0. The molecule has 1 fully saturated rings. The SMILES string of the molecule is C[NH+](CC(=O)Nc1sc2c(c1C(=O)Nc1ccc(Cl)cc1)CCCC2)C1CCCCC1. The molecule has 1 atom stereocenters. The lowest BCUT2D eigenvalue weighted by Gasteiger charge is -2.27. The van der Waals surface area contributed by atoms with E-state index in [9.17, 15) is 9.59 Å². The summed E-state index contributed by atoms with van der Waals surface area (Å²) in [6, 6.07) is 7.66. The number of aryl methyl sites for hydroxylation is 1. The molecule has 0 radical (unpaired) electrons. The Labute approximate surface area is 193 Å². The van der Waals surface area contributed by atoms with Gasteiger partial charge in [-0.15, -0.1) is 11.3 Å². The summed E-state index contributed by atoms with van der Waals surface area (Å²) in [5, 5.41) is 7.39. The fourth-order valence-electron chi connectivity index (χ4n) is 4.78. The van der Waals surface area contributed by atoms with E-state index in [0.717, 1.165) is 31.2 Å². The summed E-state index contributed by atoms with van der Waals surface area (Å²) in [6.45, 7) is 0.436. The Morgan fingerprint density at radius 2 is 1.74 bits per heavy atom. The minimum Gasteiger partial charge on any atom is -0.327 e. The maximum absolute atomic E-state index is 13.2. The molecule has 166 valence electrons. The zero-order chi connectivity index (χ0) is 21.8. The maximum Gasteiger partial charge on any atom is 0.280 e. The summed E-state index contributed by atoms with van der Waals surface area (Å²) in [5.41, 5.74) is 2.44. The van der Waals surface area contributed by atoms with Gasteiger partial charge in [0.2, 0.25) is 0 Å². The Balaban J connectivity index is 1.50. The number of carbonyl (C=O) groups is 2. The maximum atomic E-state index is 13.2. The number of hydrogen-bond acceptors (Lipinski definition) is 3. The second kappa shape index (κ2) is 10.2. The largest absolute Gasteiger partial charge is 0.327 e. The molecule has 1 heterocycles. The van der Waals surface area contributed by atoms with Crippen LogP contribution in [0.2, 0.25) is 5.02 Å². The van der Waals surface area contributed by atoms with E-state index in [2.05, 4.69) is 17.7 Å². The first kappa shape index (κ1) is 22.3. The van der Waals surface area contributed by atoms with Crippen LogP contribution in [-0.4, -0.2) is 31.4 Å². The van der Waals surface area contributed by atoms with E-state index in [1.807, 2.05) is 0 Å². The molecule has 5 nitrogen and oxygen atoms in total. The van der Waals surface area contributed by atoms with Gasteiger partial charge < -0.3 is 15.5 Å². The molecule has 1 unspecified atom stereocenters. The normalized spacial score (nSPS) is 17.6. The fraction of sp³-hybridized carbons (Fsp3) is 0.500. The van der Waals surface area contributed by atoms with Gasteiger partial charge >= 0.3 is 0 Å². The van der Waals surface area contributed by atoms with Gasteiger partial charge in [0, 0.05) is 15.6 Å². The predicted molar refractivity (Wildman–Crippen MR) is 128 cm³/mol. The summed E-state index contributed by atoms with van der Waals surface area (Å²) >= 11 is 7.53. The minimum atomic E-state index is -0.162. The number of anilines is 2. The van der Waals surface area contributed by atoms with Gasteiger partial charge in [-0.3, -0.25) is 9.59 Å². The van der Waals surface area contributed by atoms with E-state index in [1.165, 1.54) is 41.9 Å². The van der Waals surface area contributed by atoms with Crippen LogP contribution in [-0.2, 0) is 17.6 Å². The molecule has 2 amide bonds. The van der Waals surface area contributed by atoms with Gasteiger partial charge in [-0.05, 0) is 81.2 Å². The van der Waals surface area contributed by atoms with Crippen LogP contribution in [0.4, 0.5) is 10.7 Å². The van der Waals surface area contributed by atoms with Crippen LogP contribution in [0.15, 0.2) is 24.3 Å². The standard InChI is InChI=1S/C24H30ClN3O2S/c1-28(18-7-3-2-4-8-18)15-21(29)27-24-22(19-9-5-6-10-20(19)31-24)23(30)26-17-13-11-16(25)12-14-17/h11-14,18H,2-10,15H2,1H3,(H,26,30)(H,27,29)/p+1. The van der Waals surface area contributed by atoms with Crippen LogP contribution in [0.3, 0.4) is 0 Å². The molecular weight excluding hydrogens is 430 g/mol. The summed E-state index contributed by atoms with van der Waals surface area (Å²) in [5.74, 6) is -0.174. The van der Waals surface area contributed by atoms with E-state index < -0.39 is 0 Å². The van der Waals surface area contributed by atoms with Crippen LogP contribution in [0.25, 0.3) is 0 Å². The highest BCUT2D eigenvalue weighted by atomic mass is 35.5. The first-order valence-electron chi connectivity index (χ1n) is 11.3. The van der Waals surface area contributed by atoms with Gasteiger partial charge in [0.25, 0.3) is 11.8 Å². The molecule has 2 aliphatic carbocycles. The molecule has 31 heavy (non-hydrogen) atoms. The van der Waals surface area contributed by atoms with Gasteiger partial charge in [-0.25, -0.2) is 0 Å². The number of rotatable bonds is 6.